The molecule has 1 aliphatic carbocycles. The SMILES string of the molecule is CCN(CC)S(=O)(=O)c1cc(C(=O)OC(C)C(=O)NC2CC2)ccc1OC. The van der Waals surface area contributed by atoms with E-state index in [1.165, 1.54) is 36.5 Å². The minimum atomic E-state index is -3.83. The summed E-state index contributed by atoms with van der Waals surface area (Å²) in [6, 6.07) is 4.20. The van der Waals surface area contributed by atoms with Crippen LogP contribution < -0.4 is 10.1 Å². The van der Waals surface area contributed by atoms with E-state index in [1.807, 2.05) is 0 Å². The van der Waals surface area contributed by atoms with Gasteiger partial charge in [0.1, 0.15) is 10.6 Å². The van der Waals surface area contributed by atoms with Gasteiger partial charge in [0.25, 0.3) is 5.91 Å². The minimum Gasteiger partial charge on any atom is -0.495 e. The van der Waals surface area contributed by atoms with Crippen LogP contribution in [-0.2, 0) is 19.6 Å². The zero-order valence-electron chi connectivity index (χ0n) is 16.0. The van der Waals surface area contributed by atoms with E-state index < -0.39 is 22.1 Å². The highest BCUT2D eigenvalue weighted by molar-refractivity contribution is 7.89. The molecule has 1 unspecified atom stereocenters. The zero-order chi connectivity index (χ0) is 20.2. The average Bonchev–Trinajstić information content (AvgIpc) is 3.45. The molecular weight excluding hydrogens is 372 g/mol. The van der Waals surface area contributed by atoms with Crippen LogP contribution in [0.25, 0.3) is 0 Å². The summed E-state index contributed by atoms with van der Waals surface area (Å²) >= 11 is 0. The maximum atomic E-state index is 12.8. The van der Waals surface area contributed by atoms with Gasteiger partial charge in [0.15, 0.2) is 6.10 Å². The van der Waals surface area contributed by atoms with Crippen LogP contribution in [0.4, 0.5) is 0 Å². The Hall–Kier alpha value is -2.13. The van der Waals surface area contributed by atoms with Crippen LogP contribution in [0.1, 0.15) is 44.0 Å². The molecule has 1 aromatic rings. The van der Waals surface area contributed by atoms with Crippen molar-refractivity contribution in [2.24, 2.45) is 0 Å². The molecule has 1 aliphatic rings. The molecule has 0 aromatic heterocycles. The molecule has 9 heteroatoms. The summed E-state index contributed by atoms with van der Waals surface area (Å²) in [6.07, 6.45) is 0.887. The molecule has 1 aromatic carbocycles. The quantitative estimate of drug-likeness (QED) is 0.633. The second-order valence-corrected chi connectivity index (χ2v) is 8.19. The predicted octanol–water partition coefficient (Wildman–Crippen LogP) is 1.55. The summed E-state index contributed by atoms with van der Waals surface area (Å²) < 4.78 is 37.3. The third kappa shape index (κ3) is 4.98. The first-order valence-corrected chi connectivity index (χ1v) is 10.4. The van der Waals surface area contributed by atoms with Gasteiger partial charge in [-0.25, -0.2) is 13.2 Å². The molecule has 2 rings (SSSR count). The molecule has 1 amide bonds. The molecule has 0 heterocycles. The molecule has 0 saturated heterocycles. The number of nitrogens with zero attached hydrogens (tertiary/aromatic N) is 1. The fourth-order valence-electron chi connectivity index (χ4n) is 2.54. The van der Waals surface area contributed by atoms with Gasteiger partial charge in [-0.2, -0.15) is 4.31 Å². The van der Waals surface area contributed by atoms with Gasteiger partial charge in [0.05, 0.1) is 12.7 Å². The Bertz CT molecular complexity index is 800. The molecule has 27 heavy (non-hydrogen) atoms. The number of rotatable bonds is 9. The highest BCUT2D eigenvalue weighted by Crippen LogP contribution is 2.28. The van der Waals surface area contributed by atoms with Crippen LogP contribution in [0.5, 0.6) is 5.75 Å². The topological polar surface area (TPSA) is 102 Å². The van der Waals surface area contributed by atoms with Crippen molar-refractivity contribution < 1.29 is 27.5 Å². The number of amides is 1. The Balaban J connectivity index is 2.24. The third-order valence-corrected chi connectivity index (χ3v) is 6.37. The number of esters is 1. The minimum absolute atomic E-state index is 0.0348. The highest BCUT2D eigenvalue weighted by atomic mass is 32.2. The van der Waals surface area contributed by atoms with Gasteiger partial charge in [-0.05, 0) is 38.0 Å². The number of ether oxygens (including phenoxy) is 2. The molecule has 0 spiro atoms. The van der Waals surface area contributed by atoms with Crippen molar-refractivity contribution in [3.63, 3.8) is 0 Å². The molecule has 1 atom stereocenters. The Kier molecular flexibility index (Phi) is 6.83. The standard InChI is InChI=1S/C18H26N2O6S/c1-5-20(6-2)27(23,24)16-11-13(7-10-15(16)25-4)18(22)26-12(3)17(21)19-14-8-9-14/h7,10-12,14H,5-6,8-9H2,1-4H3,(H,19,21). The van der Waals surface area contributed by atoms with Crippen molar-refractivity contribution in [2.45, 2.75) is 50.7 Å². The van der Waals surface area contributed by atoms with Crippen LogP contribution in [0.2, 0.25) is 0 Å². The second-order valence-electron chi connectivity index (χ2n) is 6.29. The van der Waals surface area contributed by atoms with Crippen molar-refractivity contribution in [2.75, 3.05) is 20.2 Å². The smallest absolute Gasteiger partial charge is 0.338 e. The Morgan fingerprint density at radius 3 is 2.41 bits per heavy atom. The lowest BCUT2D eigenvalue weighted by Gasteiger charge is -2.20. The van der Waals surface area contributed by atoms with E-state index in [2.05, 4.69) is 5.32 Å². The second kappa shape index (κ2) is 8.71. The van der Waals surface area contributed by atoms with E-state index in [1.54, 1.807) is 13.8 Å². The van der Waals surface area contributed by atoms with Gasteiger partial charge in [-0.3, -0.25) is 4.79 Å². The van der Waals surface area contributed by atoms with Gasteiger partial charge in [-0.1, -0.05) is 13.8 Å². The Labute approximate surface area is 159 Å². The predicted molar refractivity (Wildman–Crippen MR) is 99.1 cm³/mol. The number of methoxy groups -OCH3 is 1. The first kappa shape index (κ1) is 21.2. The molecule has 0 bridgehead atoms. The molecule has 0 radical (unpaired) electrons. The number of hydrogen-bond donors (Lipinski definition) is 1. The van der Waals surface area contributed by atoms with Crippen LogP contribution in [0.15, 0.2) is 23.1 Å². The lowest BCUT2D eigenvalue weighted by Crippen LogP contribution is -2.37. The fraction of sp³-hybridized carbons (Fsp3) is 0.556. The number of hydrogen-bond acceptors (Lipinski definition) is 6. The van der Waals surface area contributed by atoms with E-state index >= 15 is 0 Å². The van der Waals surface area contributed by atoms with E-state index in [4.69, 9.17) is 9.47 Å². The van der Waals surface area contributed by atoms with Crippen LogP contribution in [0, 0.1) is 0 Å². The van der Waals surface area contributed by atoms with Gasteiger partial charge in [0, 0.05) is 19.1 Å². The lowest BCUT2D eigenvalue weighted by molar-refractivity contribution is -0.129. The molecule has 150 valence electrons. The summed E-state index contributed by atoms with van der Waals surface area (Å²) in [7, 11) is -2.47. The van der Waals surface area contributed by atoms with E-state index in [-0.39, 0.29) is 41.2 Å². The summed E-state index contributed by atoms with van der Waals surface area (Å²) in [5.74, 6) is -1.000. The third-order valence-electron chi connectivity index (χ3n) is 4.30. The molecule has 1 N–H and O–H groups in total. The van der Waals surface area contributed by atoms with Crippen molar-refractivity contribution in [1.82, 2.24) is 9.62 Å². The number of benzene rings is 1. The number of carbonyl (C=O) groups excluding carboxylic acids is 2. The molecular formula is C18H26N2O6S. The highest BCUT2D eigenvalue weighted by Gasteiger charge is 2.29. The fourth-order valence-corrected chi connectivity index (χ4v) is 4.18. The average molecular weight is 398 g/mol. The number of carbonyl (C=O) groups is 2. The van der Waals surface area contributed by atoms with Crippen LogP contribution >= 0.6 is 0 Å². The van der Waals surface area contributed by atoms with Crippen molar-refractivity contribution >= 4 is 21.9 Å². The van der Waals surface area contributed by atoms with Gasteiger partial charge in [0.2, 0.25) is 10.0 Å². The summed E-state index contributed by atoms with van der Waals surface area (Å²) in [5, 5.41) is 2.76. The number of nitrogens with one attached hydrogen (secondary N) is 1. The Morgan fingerprint density at radius 1 is 1.26 bits per heavy atom. The van der Waals surface area contributed by atoms with Crippen LogP contribution in [0.3, 0.4) is 0 Å². The Morgan fingerprint density at radius 2 is 1.89 bits per heavy atom. The van der Waals surface area contributed by atoms with Gasteiger partial charge in [-0.15, -0.1) is 0 Å². The maximum Gasteiger partial charge on any atom is 0.338 e. The van der Waals surface area contributed by atoms with Crippen molar-refractivity contribution in [3.05, 3.63) is 23.8 Å². The zero-order valence-corrected chi connectivity index (χ0v) is 16.8. The molecule has 8 nitrogen and oxygen atoms in total. The van der Waals surface area contributed by atoms with Crippen LogP contribution in [-0.4, -0.2) is 56.9 Å². The van der Waals surface area contributed by atoms with Crippen molar-refractivity contribution in [1.29, 1.82) is 0 Å². The maximum absolute atomic E-state index is 12.8. The first-order chi connectivity index (χ1) is 12.7. The van der Waals surface area contributed by atoms with Crippen molar-refractivity contribution in [3.8, 4) is 5.75 Å². The lowest BCUT2D eigenvalue weighted by atomic mass is 10.2. The van der Waals surface area contributed by atoms with E-state index in [0.29, 0.717) is 0 Å². The monoisotopic (exact) mass is 398 g/mol. The molecule has 0 aliphatic heterocycles. The van der Waals surface area contributed by atoms with Gasteiger partial charge < -0.3 is 14.8 Å². The largest absolute Gasteiger partial charge is 0.495 e. The first-order valence-electron chi connectivity index (χ1n) is 8.94. The molecule has 1 saturated carbocycles. The van der Waals surface area contributed by atoms with E-state index in [0.717, 1.165) is 12.8 Å². The molecule has 1 fully saturated rings. The normalized spacial score (nSPS) is 15.3. The summed E-state index contributed by atoms with van der Waals surface area (Å²) in [4.78, 5) is 24.2. The van der Waals surface area contributed by atoms with Gasteiger partial charge >= 0.3 is 5.97 Å². The number of sulfonamides is 1. The summed E-state index contributed by atoms with van der Waals surface area (Å²) in [5.41, 5.74) is 0.0348. The van der Waals surface area contributed by atoms with E-state index in [9.17, 15) is 18.0 Å². The summed E-state index contributed by atoms with van der Waals surface area (Å²) in [6.45, 7) is 5.51.